The van der Waals surface area contributed by atoms with Crippen molar-refractivity contribution < 1.29 is 22.3 Å². The summed E-state index contributed by atoms with van der Waals surface area (Å²) >= 11 is 0. The summed E-state index contributed by atoms with van der Waals surface area (Å²) in [4.78, 5) is 2.08. The molecule has 2 nitrogen and oxygen atoms in total. The second-order valence-corrected chi connectivity index (χ2v) is 7.54. The van der Waals surface area contributed by atoms with E-state index in [-0.39, 0.29) is 18.1 Å². The highest BCUT2D eigenvalue weighted by Crippen LogP contribution is 2.52. The normalized spacial score (nSPS) is 24.8. The number of ether oxygens (including phenoxy) is 1. The number of nitrogens with zero attached hydrogens (tertiary/aromatic N) is 1. The van der Waals surface area contributed by atoms with E-state index in [1.54, 1.807) is 13.2 Å². The number of allylic oxidation sites excluding steroid dienone is 5. The number of alkyl halides is 3. The van der Waals surface area contributed by atoms with E-state index in [1.165, 1.54) is 0 Å². The molecule has 1 aliphatic rings. The molecule has 0 amide bonds. The summed E-state index contributed by atoms with van der Waals surface area (Å²) in [7, 11) is 1.59. The van der Waals surface area contributed by atoms with E-state index in [1.807, 2.05) is 45.9 Å². The quantitative estimate of drug-likeness (QED) is 0.474. The first kappa shape index (κ1) is 23.9. The molecular formula is C24H29F4NO. The lowest BCUT2D eigenvalue weighted by molar-refractivity contribution is -0.137. The van der Waals surface area contributed by atoms with Crippen molar-refractivity contribution >= 4 is 0 Å². The Morgan fingerprint density at radius 2 is 1.97 bits per heavy atom. The summed E-state index contributed by atoms with van der Waals surface area (Å²) in [6, 6.07) is 2.58. The molecule has 30 heavy (non-hydrogen) atoms. The van der Waals surface area contributed by atoms with Crippen molar-refractivity contribution in [3.63, 3.8) is 0 Å². The summed E-state index contributed by atoms with van der Waals surface area (Å²) in [5.74, 6) is -0.650. The molecule has 6 heteroatoms. The molecule has 2 atom stereocenters. The Labute approximate surface area is 176 Å². The van der Waals surface area contributed by atoms with Gasteiger partial charge in [0, 0.05) is 30.5 Å². The van der Waals surface area contributed by atoms with Gasteiger partial charge in [-0.15, -0.1) is 0 Å². The third-order valence-corrected chi connectivity index (χ3v) is 5.57. The Kier molecular flexibility index (Phi) is 7.35. The van der Waals surface area contributed by atoms with Crippen molar-refractivity contribution in [2.75, 3.05) is 13.7 Å². The lowest BCUT2D eigenvalue weighted by Crippen LogP contribution is -2.25. The van der Waals surface area contributed by atoms with Gasteiger partial charge >= 0.3 is 6.18 Å². The Morgan fingerprint density at radius 3 is 2.47 bits per heavy atom. The van der Waals surface area contributed by atoms with E-state index < -0.39 is 23.0 Å². The van der Waals surface area contributed by atoms with Crippen LogP contribution < -0.4 is 0 Å². The molecule has 0 aromatic heterocycles. The molecular weight excluding hydrogens is 394 g/mol. The zero-order valence-electron chi connectivity index (χ0n) is 18.1. The summed E-state index contributed by atoms with van der Waals surface area (Å²) in [6.07, 6.45) is 2.74. The van der Waals surface area contributed by atoms with Gasteiger partial charge in [-0.1, -0.05) is 18.7 Å². The molecule has 1 heterocycles. The van der Waals surface area contributed by atoms with Gasteiger partial charge in [-0.05, 0) is 75.6 Å². The summed E-state index contributed by atoms with van der Waals surface area (Å²) in [6.45, 7) is 12.1. The Bertz CT molecular complexity index is 882. The van der Waals surface area contributed by atoms with Crippen molar-refractivity contribution in [2.45, 2.75) is 46.4 Å². The molecule has 1 saturated heterocycles. The number of likely N-dealkylation sites (tertiary alicyclic amines) is 1. The van der Waals surface area contributed by atoms with Crippen LogP contribution in [0.2, 0.25) is 0 Å². The Morgan fingerprint density at radius 1 is 1.30 bits per heavy atom. The fraction of sp³-hybridized carbons (Fsp3) is 0.417. The average molecular weight is 423 g/mol. The number of hydrogen-bond donors (Lipinski definition) is 0. The molecule has 164 valence electrons. The van der Waals surface area contributed by atoms with Crippen LogP contribution in [0.15, 0.2) is 66.0 Å². The van der Waals surface area contributed by atoms with Crippen molar-refractivity contribution in [2.24, 2.45) is 5.41 Å². The van der Waals surface area contributed by atoms with Crippen LogP contribution in [0.1, 0.15) is 38.8 Å². The maximum atomic E-state index is 14.6. The third-order valence-electron chi connectivity index (χ3n) is 5.57. The largest absolute Gasteiger partial charge is 0.416 e. The number of methoxy groups -OCH3 is 1. The minimum atomic E-state index is -4.53. The van der Waals surface area contributed by atoms with E-state index in [2.05, 4.69) is 11.5 Å². The first-order chi connectivity index (χ1) is 14.0. The van der Waals surface area contributed by atoms with Gasteiger partial charge in [0.2, 0.25) is 0 Å². The molecule has 0 spiro atoms. The zero-order chi connectivity index (χ0) is 22.7. The molecule has 1 aromatic carbocycles. The number of benzene rings is 1. The van der Waals surface area contributed by atoms with Crippen LogP contribution in [0, 0.1) is 11.2 Å². The number of halogens is 4. The molecule has 1 aromatic rings. The molecule has 2 unspecified atom stereocenters. The van der Waals surface area contributed by atoms with Crippen molar-refractivity contribution in [3.8, 4) is 0 Å². The Balaban J connectivity index is 2.71. The van der Waals surface area contributed by atoms with Crippen LogP contribution in [0.3, 0.4) is 0 Å². The second-order valence-electron chi connectivity index (χ2n) is 7.54. The molecule has 0 bridgehead atoms. The maximum absolute atomic E-state index is 14.6. The Hall–Kier alpha value is -2.34. The van der Waals surface area contributed by atoms with Crippen molar-refractivity contribution in [1.29, 1.82) is 0 Å². The number of hydrogen-bond acceptors (Lipinski definition) is 2. The standard InChI is InChI=1S/C24H29F4NO/c1-7-10-21-19(13-16(4)30-6)23(5,22(8-2)29(21)9-3)15-17-14-18(24(26,27)28)11-12-20(17)25/h7-8,10-14,16H,1,9,15H2,2-6H3/b19-13+,21-10+,22-8-. The average Bonchev–Trinajstić information content (AvgIpc) is 2.90. The van der Waals surface area contributed by atoms with E-state index in [0.717, 1.165) is 35.2 Å². The van der Waals surface area contributed by atoms with Crippen LogP contribution >= 0.6 is 0 Å². The highest BCUT2D eigenvalue weighted by molar-refractivity contribution is 5.53. The van der Waals surface area contributed by atoms with Gasteiger partial charge in [-0.25, -0.2) is 4.39 Å². The first-order valence-corrected chi connectivity index (χ1v) is 9.91. The predicted molar refractivity (Wildman–Crippen MR) is 112 cm³/mol. The van der Waals surface area contributed by atoms with Crippen LogP contribution in [-0.4, -0.2) is 24.7 Å². The van der Waals surface area contributed by atoms with Crippen LogP contribution in [-0.2, 0) is 17.3 Å². The predicted octanol–water partition coefficient (Wildman–Crippen LogP) is 6.66. The van der Waals surface area contributed by atoms with Gasteiger partial charge in [0.15, 0.2) is 0 Å². The smallest absolute Gasteiger partial charge is 0.378 e. The van der Waals surface area contributed by atoms with Gasteiger partial charge in [0.1, 0.15) is 5.82 Å². The summed E-state index contributed by atoms with van der Waals surface area (Å²) < 4.78 is 59.7. The summed E-state index contributed by atoms with van der Waals surface area (Å²) in [5, 5.41) is 0. The van der Waals surface area contributed by atoms with E-state index in [0.29, 0.717) is 6.54 Å². The van der Waals surface area contributed by atoms with Crippen LogP contribution in [0.25, 0.3) is 0 Å². The van der Waals surface area contributed by atoms with Gasteiger partial charge in [-0.2, -0.15) is 13.2 Å². The molecule has 1 fully saturated rings. The van der Waals surface area contributed by atoms with E-state index in [4.69, 9.17) is 4.74 Å². The minimum Gasteiger partial charge on any atom is -0.378 e. The fourth-order valence-corrected chi connectivity index (χ4v) is 4.13. The van der Waals surface area contributed by atoms with Gasteiger partial charge in [0.25, 0.3) is 0 Å². The molecule has 1 aliphatic heterocycles. The SMILES string of the molecule is C=C/C=C1\C(=C/C(C)OC)C(C)(Cc2cc(C(F)(F)F)ccc2F)/C(=C/C)N1CC. The highest BCUT2D eigenvalue weighted by Gasteiger charge is 2.46. The molecule has 0 saturated carbocycles. The lowest BCUT2D eigenvalue weighted by Gasteiger charge is -2.30. The second kappa shape index (κ2) is 9.21. The summed E-state index contributed by atoms with van der Waals surface area (Å²) in [5.41, 5.74) is 1.11. The lowest BCUT2D eigenvalue weighted by atomic mass is 9.75. The molecule has 0 N–H and O–H groups in total. The van der Waals surface area contributed by atoms with Gasteiger partial charge < -0.3 is 9.64 Å². The monoisotopic (exact) mass is 423 g/mol. The first-order valence-electron chi connectivity index (χ1n) is 9.91. The van der Waals surface area contributed by atoms with Crippen molar-refractivity contribution in [1.82, 2.24) is 4.90 Å². The van der Waals surface area contributed by atoms with Crippen LogP contribution in [0.5, 0.6) is 0 Å². The van der Waals surface area contributed by atoms with Gasteiger partial charge in [0.05, 0.1) is 11.7 Å². The molecule has 0 radical (unpaired) electrons. The van der Waals surface area contributed by atoms with Crippen molar-refractivity contribution in [3.05, 3.63) is 83.0 Å². The number of likely N-dealkylation sites (N-methyl/N-ethyl adjacent to an activating group) is 1. The van der Waals surface area contributed by atoms with E-state index >= 15 is 0 Å². The topological polar surface area (TPSA) is 12.5 Å². The van der Waals surface area contributed by atoms with Gasteiger partial charge in [-0.3, -0.25) is 0 Å². The zero-order valence-corrected chi connectivity index (χ0v) is 18.1. The number of rotatable bonds is 6. The molecule has 0 aliphatic carbocycles. The van der Waals surface area contributed by atoms with Crippen LogP contribution in [0.4, 0.5) is 17.6 Å². The fourth-order valence-electron chi connectivity index (χ4n) is 4.13. The van der Waals surface area contributed by atoms with E-state index in [9.17, 15) is 17.6 Å². The molecule has 2 rings (SSSR count). The maximum Gasteiger partial charge on any atom is 0.416 e. The minimum absolute atomic E-state index is 0.0264. The third kappa shape index (κ3) is 4.53. The highest BCUT2D eigenvalue weighted by atomic mass is 19.4.